The van der Waals surface area contributed by atoms with Crippen molar-refractivity contribution in [2.24, 2.45) is 0 Å². The number of anilines is 1. The summed E-state index contributed by atoms with van der Waals surface area (Å²) in [4.78, 5) is 17.4. The first-order chi connectivity index (χ1) is 12.0. The number of nitrogens with zero attached hydrogens (tertiary/aromatic N) is 1. The molecule has 1 aromatic carbocycles. The molecule has 0 saturated carbocycles. The van der Waals surface area contributed by atoms with Crippen LogP contribution >= 0.6 is 11.3 Å². The molecule has 1 atom stereocenters. The van der Waals surface area contributed by atoms with E-state index >= 15 is 0 Å². The number of benzene rings is 1. The Morgan fingerprint density at radius 2 is 1.96 bits per heavy atom. The summed E-state index contributed by atoms with van der Waals surface area (Å²) in [5, 5.41) is 0. The van der Waals surface area contributed by atoms with E-state index in [0.29, 0.717) is 13.0 Å². The molecule has 3 nitrogen and oxygen atoms in total. The quantitative estimate of drug-likeness (QED) is 0.706. The lowest BCUT2D eigenvalue weighted by Crippen LogP contribution is -2.45. The number of rotatable bonds is 4. The standard InChI is InChI=1S/C21H25NO2S/c1-14(2)22(21(23)19-11-10-15(3)13-24-19)18-12-20(25-16(18)4)17-8-6-5-7-9-17/h5-10,12,14,19H,11,13H2,1-4H3. The van der Waals surface area contributed by atoms with Crippen LogP contribution in [-0.4, -0.2) is 24.7 Å². The van der Waals surface area contributed by atoms with E-state index in [2.05, 4.69) is 45.0 Å². The van der Waals surface area contributed by atoms with Crippen LogP contribution in [0.4, 0.5) is 5.69 Å². The summed E-state index contributed by atoms with van der Waals surface area (Å²) in [7, 11) is 0. The van der Waals surface area contributed by atoms with E-state index in [-0.39, 0.29) is 18.1 Å². The molecule has 1 amide bonds. The van der Waals surface area contributed by atoms with E-state index in [1.165, 1.54) is 16.0 Å². The minimum atomic E-state index is -0.384. The molecule has 1 aliphatic heterocycles. The van der Waals surface area contributed by atoms with Gasteiger partial charge >= 0.3 is 0 Å². The molecule has 0 radical (unpaired) electrons. The molecule has 1 unspecified atom stereocenters. The van der Waals surface area contributed by atoms with Crippen molar-refractivity contribution in [3.8, 4) is 10.4 Å². The maximum atomic E-state index is 13.1. The van der Waals surface area contributed by atoms with Gasteiger partial charge in [-0.3, -0.25) is 4.79 Å². The van der Waals surface area contributed by atoms with Gasteiger partial charge in [0.1, 0.15) is 6.10 Å². The van der Waals surface area contributed by atoms with Gasteiger partial charge in [-0.05, 0) is 39.3 Å². The minimum Gasteiger partial charge on any atom is -0.364 e. The molecule has 0 fully saturated rings. The summed E-state index contributed by atoms with van der Waals surface area (Å²) < 4.78 is 5.78. The number of hydrogen-bond acceptors (Lipinski definition) is 3. The Labute approximate surface area is 153 Å². The minimum absolute atomic E-state index is 0.0549. The zero-order chi connectivity index (χ0) is 18.0. The number of carbonyl (C=O) groups is 1. The summed E-state index contributed by atoms with van der Waals surface area (Å²) in [6.45, 7) is 8.78. The molecule has 2 aromatic rings. The second-order valence-electron chi connectivity index (χ2n) is 6.81. The van der Waals surface area contributed by atoms with E-state index in [4.69, 9.17) is 4.74 Å². The molecule has 0 spiro atoms. The number of amides is 1. The second kappa shape index (κ2) is 7.54. The Balaban J connectivity index is 1.91. The van der Waals surface area contributed by atoms with Gasteiger partial charge < -0.3 is 9.64 Å². The first-order valence-corrected chi connectivity index (χ1v) is 9.55. The highest BCUT2D eigenvalue weighted by molar-refractivity contribution is 7.16. The van der Waals surface area contributed by atoms with Crippen LogP contribution in [0.25, 0.3) is 10.4 Å². The number of hydrogen-bond donors (Lipinski definition) is 0. The molecule has 0 saturated heterocycles. The first kappa shape index (κ1) is 17.9. The third-order valence-electron chi connectivity index (χ3n) is 4.43. The summed E-state index contributed by atoms with van der Waals surface area (Å²) in [6.07, 6.45) is 2.38. The van der Waals surface area contributed by atoms with Crippen molar-refractivity contribution in [2.45, 2.75) is 46.3 Å². The molecule has 0 bridgehead atoms. The molecular formula is C21H25NO2S. The van der Waals surface area contributed by atoms with E-state index < -0.39 is 0 Å². The van der Waals surface area contributed by atoms with Gasteiger partial charge in [0.2, 0.25) is 0 Å². The number of ether oxygens (including phenoxy) is 1. The maximum absolute atomic E-state index is 13.1. The van der Waals surface area contributed by atoms with Crippen LogP contribution in [0, 0.1) is 6.92 Å². The molecule has 0 aliphatic carbocycles. The third kappa shape index (κ3) is 3.86. The fourth-order valence-corrected chi connectivity index (χ4v) is 4.12. The van der Waals surface area contributed by atoms with E-state index in [0.717, 1.165) is 10.6 Å². The third-order valence-corrected chi connectivity index (χ3v) is 5.52. The van der Waals surface area contributed by atoms with Crippen LogP contribution < -0.4 is 4.90 Å². The predicted molar refractivity (Wildman–Crippen MR) is 105 cm³/mol. The highest BCUT2D eigenvalue weighted by Gasteiger charge is 2.30. The summed E-state index contributed by atoms with van der Waals surface area (Å²) in [6, 6.07) is 12.5. The van der Waals surface area contributed by atoms with Crippen molar-refractivity contribution in [3.05, 3.63) is 52.9 Å². The average molecular weight is 356 g/mol. The van der Waals surface area contributed by atoms with Crippen LogP contribution in [0.1, 0.15) is 32.1 Å². The average Bonchev–Trinajstić information content (AvgIpc) is 2.98. The van der Waals surface area contributed by atoms with Crippen LogP contribution in [0.3, 0.4) is 0 Å². The molecule has 3 rings (SSSR count). The van der Waals surface area contributed by atoms with Gasteiger partial charge in [0.15, 0.2) is 0 Å². The fourth-order valence-electron chi connectivity index (χ4n) is 3.10. The molecule has 25 heavy (non-hydrogen) atoms. The Morgan fingerprint density at radius 1 is 1.24 bits per heavy atom. The lowest BCUT2D eigenvalue weighted by molar-refractivity contribution is -0.130. The Kier molecular flexibility index (Phi) is 5.40. The molecule has 2 heterocycles. The Hall–Kier alpha value is -1.91. The number of thiophene rings is 1. The van der Waals surface area contributed by atoms with E-state index in [1.54, 1.807) is 11.3 Å². The lowest BCUT2D eigenvalue weighted by Gasteiger charge is -2.31. The number of carbonyl (C=O) groups excluding carboxylic acids is 1. The second-order valence-corrected chi connectivity index (χ2v) is 8.06. The van der Waals surface area contributed by atoms with Crippen molar-refractivity contribution in [3.63, 3.8) is 0 Å². The summed E-state index contributed by atoms with van der Waals surface area (Å²) >= 11 is 1.73. The van der Waals surface area contributed by atoms with Gasteiger partial charge in [-0.1, -0.05) is 42.0 Å². The molecular weight excluding hydrogens is 330 g/mol. The van der Waals surface area contributed by atoms with Crippen LogP contribution in [0.15, 0.2) is 48.0 Å². The molecule has 1 aromatic heterocycles. The molecule has 0 N–H and O–H groups in total. The largest absolute Gasteiger partial charge is 0.364 e. The molecule has 1 aliphatic rings. The van der Waals surface area contributed by atoms with Gasteiger partial charge in [-0.25, -0.2) is 0 Å². The molecule has 4 heteroatoms. The SMILES string of the molecule is CC1=CCC(C(=O)N(c2cc(-c3ccccc3)sc2C)C(C)C)OC1. The van der Waals surface area contributed by atoms with Crippen molar-refractivity contribution in [1.82, 2.24) is 0 Å². The van der Waals surface area contributed by atoms with E-state index in [1.807, 2.05) is 30.0 Å². The van der Waals surface area contributed by atoms with Crippen molar-refractivity contribution < 1.29 is 9.53 Å². The smallest absolute Gasteiger partial charge is 0.256 e. The predicted octanol–water partition coefficient (Wildman–Crippen LogP) is 5.20. The van der Waals surface area contributed by atoms with Gasteiger partial charge in [-0.2, -0.15) is 0 Å². The monoisotopic (exact) mass is 355 g/mol. The van der Waals surface area contributed by atoms with Crippen LogP contribution in [0.5, 0.6) is 0 Å². The number of aryl methyl sites for hydroxylation is 1. The fraction of sp³-hybridized carbons (Fsp3) is 0.381. The Morgan fingerprint density at radius 3 is 2.56 bits per heavy atom. The zero-order valence-electron chi connectivity index (χ0n) is 15.3. The highest BCUT2D eigenvalue weighted by Crippen LogP contribution is 2.37. The van der Waals surface area contributed by atoms with Crippen molar-refractivity contribution >= 4 is 22.9 Å². The van der Waals surface area contributed by atoms with Crippen LogP contribution in [0.2, 0.25) is 0 Å². The van der Waals surface area contributed by atoms with Gasteiger partial charge in [0.05, 0.1) is 12.3 Å². The van der Waals surface area contributed by atoms with Crippen molar-refractivity contribution in [2.75, 3.05) is 11.5 Å². The zero-order valence-corrected chi connectivity index (χ0v) is 16.1. The maximum Gasteiger partial charge on any atom is 0.256 e. The van der Waals surface area contributed by atoms with Crippen molar-refractivity contribution in [1.29, 1.82) is 0 Å². The summed E-state index contributed by atoms with van der Waals surface area (Å²) in [5.74, 6) is 0.0549. The topological polar surface area (TPSA) is 29.5 Å². The van der Waals surface area contributed by atoms with Gasteiger partial charge in [0.25, 0.3) is 5.91 Å². The lowest BCUT2D eigenvalue weighted by atomic mass is 10.1. The summed E-state index contributed by atoms with van der Waals surface area (Å²) in [5.41, 5.74) is 3.38. The van der Waals surface area contributed by atoms with Crippen LogP contribution in [-0.2, 0) is 9.53 Å². The van der Waals surface area contributed by atoms with Gasteiger partial charge in [0, 0.05) is 22.2 Å². The highest BCUT2D eigenvalue weighted by atomic mass is 32.1. The van der Waals surface area contributed by atoms with Gasteiger partial charge in [-0.15, -0.1) is 11.3 Å². The molecule has 132 valence electrons. The Bertz CT molecular complexity index is 776. The van der Waals surface area contributed by atoms with E-state index in [9.17, 15) is 4.79 Å². The normalized spacial score (nSPS) is 17.5. The first-order valence-electron chi connectivity index (χ1n) is 8.73.